The number of carboxylic acids is 1. The molecule has 2 saturated heterocycles. The number of aromatic carboxylic acids is 1. The Morgan fingerprint density at radius 3 is 2.71 bits per heavy atom. The number of thiazole rings is 1. The number of anilines is 1. The van der Waals surface area contributed by atoms with Crippen LogP contribution in [0.25, 0.3) is 16.2 Å². The van der Waals surface area contributed by atoms with Crippen molar-refractivity contribution in [3.63, 3.8) is 0 Å². The van der Waals surface area contributed by atoms with Crippen LogP contribution < -0.4 is 15.8 Å². The smallest absolute Gasteiger partial charge is 0.341 e. The highest BCUT2D eigenvalue weighted by Gasteiger charge is 2.36. The van der Waals surface area contributed by atoms with E-state index in [0.717, 1.165) is 43.4 Å². The van der Waals surface area contributed by atoms with Crippen LogP contribution >= 0.6 is 11.3 Å². The first-order chi connectivity index (χ1) is 16.8. The van der Waals surface area contributed by atoms with Crippen molar-refractivity contribution in [1.82, 2.24) is 14.5 Å². The molecule has 10 nitrogen and oxygen atoms in total. The Morgan fingerprint density at radius 1 is 1.26 bits per heavy atom. The standard InChI is InChI=1S/C23H23FN4O6S/c24-17-19(31)16-18(30)14(22(32)33)11-28(23-25-6-8-35-23)20(16)26-21(17)27-9-12(10-27)15(29)5-4-13-3-1-2-7-34-13/h6,8,11-13H,1-5,7,9-10H2,(H,26,31)(H,32,33). The molecule has 35 heavy (non-hydrogen) atoms. The summed E-state index contributed by atoms with van der Waals surface area (Å²) in [4.78, 5) is 58.2. The molecule has 1 unspecified atom stereocenters. The number of carbonyl (C=O) groups excluding carboxylic acids is 1. The highest BCUT2D eigenvalue weighted by Crippen LogP contribution is 2.28. The van der Waals surface area contributed by atoms with E-state index in [-0.39, 0.29) is 42.4 Å². The van der Waals surface area contributed by atoms with Crippen molar-refractivity contribution in [2.75, 3.05) is 24.6 Å². The molecule has 0 amide bonds. The molecule has 2 N–H and O–H groups in total. The lowest BCUT2D eigenvalue weighted by Gasteiger charge is -2.40. The molecule has 0 saturated carbocycles. The van der Waals surface area contributed by atoms with Gasteiger partial charge in [0.25, 0.3) is 0 Å². The molecule has 2 aliphatic rings. The summed E-state index contributed by atoms with van der Waals surface area (Å²) in [6.45, 7) is 1.19. The van der Waals surface area contributed by atoms with Crippen LogP contribution in [-0.2, 0) is 9.53 Å². The maximum Gasteiger partial charge on any atom is 0.341 e. The number of nitrogens with one attached hydrogen (secondary N) is 1. The molecule has 184 valence electrons. The van der Waals surface area contributed by atoms with Gasteiger partial charge in [-0.1, -0.05) is 0 Å². The number of hydrogen-bond donors (Lipinski definition) is 2. The molecule has 0 aliphatic carbocycles. The van der Waals surface area contributed by atoms with Crippen molar-refractivity contribution in [3.05, 3.63) is 49.6 Å². The summed E-state index contributed by atoms with van der Waals surface area (Å²) >= 11 is 1.16. The Balaban J connectivity index is 1.43. The number of aromatic nitrogens is 3. The largest absolute Gasteiger partial charge is 0.477 e. The topological polar surface area (TPSA) is 135 Å². The lowest BCUT2D eigenvalue weighted by molar-refractivity contribution is -0.124. The normalized spacial score (nSPS) is 18.5. The zero-order chi connectivity index (χ0) is 24.7. The number of hydrogen-bond acceptors (Lipinski definition) is 8. The van der Waals surface area contributed by atoms with Gasteiger partial charge >= 0.3 is 5.97 Å². The minimum absolute atomic E-state index is 0.0550. The number of Topliss-reactive ketones (excluding diaryl/α,β-unsaturated/α-hetero) is 1. The average Bonchev–Trinajstić information content (AvgIpc) is 3.35. The molecule has 0 aromatic carbocycles. The first-order valence-electron chi connectivity index (χ1n) is 11.4. The van der Waals surface area contributed by atoms with Gasteiger partial charge < -0.3 is 19.7 Å². The molecular formula is C23H23FN4O6S. The summed E-state index contributed by atoms with van der Waals surface area (Å²) in [6, 6.07) is 0. The molecule has 0 bridgehead atoms. The summed E-state index contributed by atoms with van der Waals surface area (Å²) in [5.74, 6) is -3.08. The number of carbonyl (C=O) groups is 2. The predicted octanol–water partition coefficient (Wildman–Crippen LogP) is 2.33. The molecule has 2 fully saturated rings. The van der Waals surface area contributed by atoms with E-state index in [9.17, 15) is 24.3 Å². The number of ether oxygens (including phenoxy) is 1. The Labute approximate surface area is 202 Å². The molecule has 5 heterocycles. The van der Waals surface area contributed by atoms with E-state index < -0.39 is 33.6 Å². The van der Waals surface area contributed by atoms with Crippen molar-refractivity contribution in [3.8, 4) is 5.13 Å². The zero-order valence-corrected chi connectivity index (χ0v) is 19.5. The lowest BCUT2D eigenvalue weighted by Crippen LogP contribution is -2.51. The quantitative estimate of drug-likeness (QED) is 0.503. The fourth-order valence-electron chi connectivity index (χ4n) is 4.60. The van der Waals surface area contributed by atoms with Crippen LogP contribution in [0.4, 0.5) is 10.2 Å². The number of fused-ring (bicyclic) bond motifs is 1. The monoisotopic (exact) mass is 502 g/mol. The highest BCUT2D eigenvalue weighted by molar-refractivity contribution is 7.12. The van der Waals surface area contributed by atoms with Gasteiger partial charge in [0.15, 0.2) is 5.13 Å². The minimum atomic E-state index is -1.53. The Kier molecular flexibility index (Phi) is 6.24. The molecule has 3 aromatic heterocycles. The molecule has 0 radical (unpaired) electrons. The lowest BCUT2D eigenvalue weighted by atomic mass is 9.91. The Bertz CT molecular complexity index is 1400. The number of rotatable bonds is 7. The van der Waals surface area contributed by atoms with Crippen LogP contribution in [0.1, 0.15) is 42.5 Å². The van der Waals surface area contributed by atoms with E-state index >= 15 is 4.39 Å². The fourth-order valence-corrected chi connectivity index (χ4v) is 5.22. The van der Waals surface area contributed by atoms with Crippen molar-refractivity contribution in [1.29, 1.82) is 0 Å². The van der Waals surface area contributed by atoms with Crippen molar-refractivity contribution in [2.45, 2.75) is 38.2 Å². The minimum Gasteiger partial charge on any atom is -0.477 e. The summed E-state index contributed by atoms with van der Waals surface area (Å²) in [7, 11) is 0. The van der Waals surface area contributed by atoms with Crippen molar-refractivity contribution >= 4 is 39.9 Å². The summed E-state index contributed by atoms with van der Waals surface area (Å²) in [6.07, 6.45) is 6.82. The summed E-state index contributed by atoms with van der Waals surface area (Å²) in [5.41, 5.74) is -2.99. The van der Waals surface area contributed by atoms with Gasteiger partial charge in [-0.05, 0) is 25.7 Å². The van der Waals surface area contributed by atoms with E-state index in [1.165, 1.54) is 15.7 Å². The van der Waals surface area contributed by atoms with Gasteiger partial charge in [0, 0.05) is 43.9 Å². The van der Waals surface area contributed by atoms with E-state index in [1.807, 2.05) is 0 Å². The van der Waals surface area contributed by atoms with Gasteiger partial charge in [-0.3, -0.25) is 19.0 Å². The van der Waals surface area contributed by atoms with Crippen LogP contribution in [0.2, 0.25) is 0 Å². The van der Waals surface area contributed by atoms with Gasteiger partial charge in [0.2, 0.25) is 16.7 Å². The van der Waals surface area contributed by atoms with Crippen molar-refractivity contribution in [2.24, 2.45) is 5.92 Å². The third kappa shape index (κ3) is 4.27. The maximum absolute atomic E-state index is 15.1. The van der Waals surface area contributed by atoms with Gasteiger partial charge in [-0.25, -0.2) is 9.78 Å². The maximum atomic E-state index is 15.1. The van der Waals surface area contributed by atoms with Crippen LogP contribution in [0.5, 0.6) is 0 Å². The number of carboxylic acid groups (broad SMARTS) is 1. The third-order valence-corrected chi connectivity index (χ3v) is 7.35. The number of nitrogens with zero attached hydrogens (tertiary/aromatic N) is 3. The van der Waals surface area contributed by atoms with Crippen LogP contribution in [0, 0.1) is 11.7 Å². The molecule has 0 spiro atoms. The summed E-state index contributed by atoms with van der Waals surface area (Å²) < 4.78 is 22.1. The number of ketones is 1. The van der Waals surface area contributed by atoms with Gasteiger partial charge in [-0.2, -0.15) is 4.39 Å². The van der Waals surface area contributed by atoms with Crippen LogP contribution in [-0.4, -0.2) is 57.2 Å². The molecule has 3 aromatic rings. The van der Waals surface area contributed by atoms with Crippen molar-refractivity contribution < 1.29 is 23.8 Å². The molecule has 1 atom stereocenters. The average molecular weight is 503 g/mol. The second-order valence-electron chi connectivity index (χ2n) is 8.80. The second-order valence-corrected chi connectivity index (χ2v) is 9.67. The van der Waals surface area contributed by atoms with E-state index in [4.69, 9.17) is 4.74 Å². The summed E-state index contributed by atoms with van der Waals surface area (Å²) in [5, 5.41) is 10.8. The van der Waals surface area contributed by atoms with Gasteiger partial charge in [0.1, 0.15) is 28.2 Å². The number of H-pyrrole nitrogens is 1. The van der Waals surface area contributed by atoms with Crippen LogP contribution in [0.3, 0.4) is 0 Å². The zero-order valence-electron chi connectivity index (χ0n) is 18.7. The van der Waals surface area contributed by atoms with E-state index in [0.29, 0.717) is 18.0 Å². The second kappa shape index (κ2) is 9.34. The first kappa shape index (κ1) is 23.4. The molecule has 2 aliphatic heterocycles. The third-order valence-electron chi connectivity index (χ3n) is 6.57. The van der Waals surface area contributed by atoms with E-state index in [2.05, 4.69) is 9.97 Å². The van der Waals surface area contributed by atoms with E-state index in [1.54, 1.807) is 5.38 Å². The Hall–Kier alpha value is -3.38. The van der Waals surface area contributed by atoms with Crippen LogP contribution in [0.15, 0.2) is 27.4 Å². The molecular weight excluding hydrogens is 479 g/mol. The van der Waals surface area contributed by atoms with Gasteiger partial charge in [0.05, 0.1) is 12.0 Å². The highest BCUT2D eigenvalue weighted by atomic mass is 32.1. The predicted molar refractivity (Wildman–Crippen MR) is 126 cm³/mol. The SMILES string of the molecule is O=C(O)c1cn(-c2nccs2)c2[nH]c(N3CC(C(=O)CCC4CCCCO4)C3)c(F)c(=O)c2c1=O. The molecule has 5 rings (SSSR count). The van der Waals surface area contributed by atoms with Gasteiger partial charge in [-0.15, -0.1) is 11.3 Å². The Morgan fingerprint density at radius 2 is 2.06 bits per heavy atom. The number of halogens is 1. The first-order valence-corrected chi connectivity index (χ1v) is 12.3. The number of pyridine rings is 2. The molecule has 12 heteroatoms. The number of aromatic amines is 1. The fraction of sp³-hybridized carbons (Fsp3) is 0.435.